The van der Waals surface area contributed by atoms with E-state index in [4.69, 9.17) is 9.47 Å². The fourth-order valence-electron chi connectivity index (χ4n) is 2.68. The van der Waals surface area contributed by atoms with Crippen molar-refractivity contribution in [1.82, 2.24) is 10.2 Å². The van der Waals surface area contributed by atoms with E-state index >= 15 is 0 Å². The summed E-state index contributed by atoms with van der Waals surface area (Å²) in [6, 6.07) is 0.638. The summed E-state index contributed by atoms with van der Waals surface area (Å²) < 4.78 is 10.6. The average molecular weight is 272 g/mol. The van der Waals surface area contributed by atoms with Gasteiger partial charge in [-0.2, -0.15) is 0 Å². The van der Waals surface area contributed by atoms with Crippen molar-refractivity contribution in [2.75, 3.05) is 46.6 Å². The Morgan fingerprint density at radius 1 is 1.26 bits per heavy atom. The highest BCUT2D eigenvalue weighted by atomic mass is 16.5. The quantitative estimate of drug-likeness (QED) is 0.683. The van der Waals surface area contributed by atoms with Gasteiger partial charge in [-0.3, -0.25) is 4.90 Å². The van der Waals surface area contributed by atoms with Crippen LogP contribution in [0.2, 0.25) is 0 Å². The molecular weight excluding hydrogens is 240 g/mol. The molecule has 19 heavy (non-hydrogen) atoms. The normalized spacial score (nSPS) is 24.0. The first-order valence-electron chi connectivity index (χ1n) is 7.50. The molecule has 0 aromatic rings. The highest BCUT2D eigenvalue weighted by Gasteiger charge is 2.32. The molecule has 4 nitrogen and oxygen atoms in total. The van der Waals surface area contributed by atoms with Crippen LogP contribution in [0.3, 0.4) is 0 Å². The van der Waals surface area contributed by atoms with Crippen LogP contribution in [0.4, 0.5) is 0 Å². The van der Waals surface area contributed by atoms with Gasteiger partial charge in [0.2, 0.25) is 0 Å². The number of hydrogen-bond donors (Lipinski definition) is 1. The van der Waals surface area contributed by atoms with Crippen LogP contribution in [0.25, 0.3) is 0 Å². The van der Waals surface area contributed by atoms with Crippen molar-refractivity contribution < 1.29 is 9.47 Å². The number of methoxy groups -OCH3 is 1. The number of nitrogens with zero attached hydrogens (tertiary/aromatic N) is 1. The fourth-order valence-corrected chi connectivity index (χ4v) is 2.68. The molecule has 1 saturated heterocycles. The first kappa shape index (κ1) is 16.9. The largest absolute Gasteiger partial charge is 0.382 e. The van der Waals surface area contributed by atoms with Gasteiger partial charge in [-0.25, -0.2) is 0 Å². The van der Waals surface area contributed by atoms with Crippen LogP contribution in [-0.4, -0.2) is 63.0 Å². The van der Waals surface area contributed by atoms with E-state index in [2.05, 4.69) is 37.9 Å². The third-order valence-electron chi connectivity index (χ3n) is 3.63. The van der Waals surface area contributed by atoms with Gasteiger partial charge in [0.15, 0.2) is 0 Å². The van der Waals surface area contributed by atoms with Gasteiger partial charge < -0.3 is 14.8 Å². The second-order valence-corrected chi connectivity index (χ2v) is 6.62. The minimum Gasteiger partial charge on any atom is -0.382 e. The van der Waals surface area contributed by atoms with Gasteiger partial charge in [0.05, 0.1) is 19.8 Å². The van der Waals surface area contributed by atoms with E-state index in [1.165, 1.54) is 6.42 Å². The van der Waals surface area contributed by atoms with E-state index in [1.807, 2.05) is 0 Å². The molecule has 1 fully saturated rings. The molecular formula is C15H32N2O2. The molecule has 0 spiro atoms. The molecule has 1 N–H and O–H groups in total. The first-order valence-corrected chi connectivity index (χ1v) is 7.50. The van der Waals surface area contributed by atoms with E-state index in [1.54, 1.807) is 7.11 Å². The highest BCUT2D eigenvalue weighted by molar-refractivity contribution is 4.92. The summed E-state index contributed by atoms with van der Waals surface area (Å²) in [7, 11) is 1.71. The van der Waals surface area contributed by atoms with Crippen LogP contribution in [0.15, 0.2) is 0 Å². The van der Waals surface area contributed by atoms with E-state index in [9.17, 15) is 0 Å². The van der Waals surface area contributed by atoms with Crippen molar-refractivity contribution in [2.24, 2.45) is 5.92 Å². The molecule has 0 bridgehead atoms. The highest BCUT2D eigenvalue weighted by Crippen LogP contribution is 2.19. The maximum absolute atomic E-state index is 5.61. The lowest BCUT2D eigenvalue weighted by atomic mass is 9.94. The lowest BCUT2D eigenvalue weighted by Crippen LogP contribution is -2.62. The van der Waals surface area contributed by atoms with E-state index < -0.39 is 0 Å². The lowest BCUT2D eigenvalue weighted by molar-refractivity contribution is 0.0260. The summed E-state index contributed by atoms with van der Waals surface area (Å²) in [4.78, 5) is 2.59. The Hall–Kier alpha value is -0.160. The maximum atomic E-state index is 5.61. The summed E-state index contributed by atoms with van der Waals surface area (Å²) in [5, 5.41) is 3.65. The maximum Gasteiger partial charge on any atom is 0.0700 e. The van der Waals surface area contributed by atoms with Gasteiger partial charge >= 0.3 is 0 Å². The Bertz CT molecular complexity index is 244. The van der Waals surface area contributed by atoms with Crippen molar-refractivity contribution in [2.45, 2.75) is 45.7 Å². The van der Waals surface area contributed by atoms with Crippen LogP contribution in [0.1, 0.15) is 34.1 Å². The number of nitrogens with one attached hydrogen (secondary N) is 1. The summed E-state index contributed by atoms with van der Waals surface area (Å²) >= 11 is 0. The number of ether oxygens (including phenoxy) is 2. The van der Waals surface area contributed by atoms with Gasteiger partial charge in [0, 0.05) is 38.3 Å². The molecule has 0 aliphatic carbocycles. The fraction of sp³-hybridized carbons (Fsp3) is 1.00. The zero-order valence-corrected chi connectivity index (χ0v) is 13.4. The van der Waals surface area contributed by atoms with Crippen LogP contribution in [-0.2, 0) is 9.47 Å². The smallest absolute Gasteiger partial charge is 0.0700 e. The molecule has 1 heterocycles. The van der Waals surface area contributed by atoms with Crippen LogP contribution >= 0.6 is 0 Å². The van der Waals surface area contributed by atoms with Crippen molar-refractivity contribution in [1.29, 1.82) is 0 Å². The number of hydrogen-bond acceptors (Lipinski definition) is 4. The Labute approximate surface area is 118 Å². The number of rotatable bonds is 8. The van der Waals surface area contributed by atoms with Crippen LogP contribution < -0.4 is 5.32 Å². The standard InChI is InChI=1S/C15H32N2O2/c1-13(2)10-14-11-16-15(3,4)12-17(14)6-7-19-9-8-18-5/h13-14,16H,6-12H2,1-5H3. The van der Waals surface area contributed by atoms with Crippen molar-refractivity contribution in [3.8, 4) is 0 Å². The molecule has 0 radical (unpaired) electrons. The number of piperazine rings is 1. The first-order chi connectivity index (χ1) is 8.94. The van der Waals surface area contributed by atoms with Crippen LogP contribution in [0, 0.1) is 5.92 Å². The molecule has 114 valence electrons. The summed E-state index contributed by atoms with van der Waals surface area (Å²) in [6.07, 6.45) is 1.25. The summed E-state index contributed by atoms with van der Waals surface area (Å²) in [5.41, 5.74) is 0.208. The van der Waals surface area contributed by atoms with Gasteiger partial charge in [-0.1, -0.05) is 13.8 Å². The Kier molecular flexibility index (Phi) is 7.29. The SMILES string of the molecule is COCCOCCN1CC(C)(C)NCC1CC(C)C. The molecule has 4 heteroatoms. The predicted octanol–water partition coefficient (Wildman–Crippen LogP) is 1.75. The Morgan fingerprint density at radius 2 is 2.00 bits per heavy atom. The van der Waals surface area contributed by atoms with E-state index in [-0.39, 0.29) is 5.54 Å². The monoisotopic (exact) mass is 272 g/mol. The van der Waals surface area contributed by atoms with E-state index in [0.29, 0.717) is 19.3 Å². The van der Waals surface area contributed by atoms with Crippen LogP contribution in [0.5, 0.6) is 0 Å². The van der Waals surface area contributed by atoms with Crippen molar-refractivity contribution in [3.63, 3.8) is 0 Å². The molecule has 1 rings (SSSR count). The van der Waals surface area contributed by atoms with Crippen molar-refractivity contribution >= 4 is 0 Å². The molecule has 1 aliphatic heterocycles. The molecule has 0 saturated carbocycles. The van der Waals surface area contributed by atoms with E-state index in [0.717, 1.165) is 32.2 Å². The molecule has 0 aromatic heterocycles. The summed E-state index contributed by atoms with van der Waals surface area (Å²) in [5.74, 6) is 0.741. The minimum absolute atomic E-state index is 0.208. The van der Waals surface area contributed by atoms with Crippen molar-refractivity contribution in [3.05, 3.63) is 0 Å². The molecule has 1 aliphatic rings. The third-order valence-corrected chi connectivity index (χ3v) is 3.63. The second kappa shape index (κ2) is 8.20. The second-order valence-electron chi connectivity index (χ2n) is 6.62. The average Bonchev–Trinajstić information content (AvgIpc) is 2.31. The van der Waals surface area contributed by atoms with Gasteiger partial charge in [-0.05, 0) is 26.2 Å². The van der Waals surface area contributed by atoms with Gasteiger partial charge in [-0.15, -0.1) is 0 Å². The Morgan fingerprint density at radius 3 is 2.63 bits per heavy atom. The molecule has 1 unspecified atom stereocenters. The molecule has 1 atom stereocenters. The Balaban J connectivity index is 2.38. The van der Waals surface area contributed by atoms with Gasteiger partial charge in [0.25, 0.3) is 0 Å². The predicted molar refractivity (Wildman–Crippen MR) is 79.6 cm³/mol. The zero-order valence-electron chi connectivity index (χ0n) is 13.4. The minimum atomic E-state index is 0.208. The lowest BCUT2D eigenvalue weighted by Gasteiger charge is -2.45. The molecule has 0 aromatic carbocycles. The zero-order chi connectivity index (χ0) is 14.3. The third kappa shape index (κ3) is 6.70. The topological polar surface area (TPSA) is 33.7 Å². The summed E-state index contributed by atoms with van der Waals surface area (Å²) in [6.45, 7) is 14.5. The van der Waals surface area contributed by atoms with Gasteiger partial charge in [0.1, 0.15) is 0 Å². The molecule has 0 amide bonds.